The molecule has 0 aliphatic heterocycles. The molecular formula is C10H10Br2N4. The van der Waals surface area contributed by atoms with Crippen LogP contribution in [0.25, 0.3) is 5.69 Å². The highest BCUT2D eigenvalue weighted by Crippen LogP contribution is 2.31. The number of halogens is 2. The quantitative estimate of drug-likeness (QED) is 0.864. The van der Waals surface area contributed by atoms with Crippen LogP contribution in [0.1, 0.15) is 11.3 Å². The molecule has 0 radical (unpaired) electrons. The Balaban J connectivity index is 2.69. The lowest BCUT2D eigenvalue weighted by Gasteiger charge is -2.09. The van der Waals surface area contributed by atoms with E-state index in [1.807, 2.05) is 26.0 Å². The van der Waals surface area contributed by atoms with Gasteiger partial charge in [-0.1, -0.05) is 5.21 Å². The Kier molecular flexibility index (Phi) is 3.03. The number of hydrogen-bond acceptors (Lipinski definition) is 3. The van der Waals surface area contributed by atoms with Gasteiger partial charge in [-0.05, 0) is 63.4 Å². The molecule has 0 aliphatic carbocycles. The van der Waals surface area contributed by atoms with Crippen LogP contribution < -0.4 is 5.73 Å². The molecule has 0 fully saturated rings. The van der Waals surface area contributed by atoms with E-state index in [0.717, 1.165) is 25.9 Å². The molecule has 1 aromatic carbocycles. The molecule has 0 aliphatic rings. The maximum Gasteiger partial charge on any atom is 0.169 e. The fourth-order valence-electron chi connectivity index (χ4n) is 1.45. The SMILES string of the molecule is Cc1cc(Br)c(-n2nnc(N)c2C)c(Br)c1. The summed E-state index contributed by atoms with van der Waals surface area (Å²) in [5, 5.41) is 7.86. The Hall–Kier alpha value is -0.880. The average Bonchev–Trinajstić information content (AvgIpc) is 2.48. The van der Waals surface area contributed by atoms with Crippen molar-refractivity contribution in [2.75, 3.05) is 5.73 Å². The van der Waals surface area contributed by atoms with Crippen LogP contribution in [0.15, 0.2) is 21.1 Å². The third-order valence-electron chi connectivity index (χ3n) is 2.30. The van der Waals surface area contributed by atoms with Crippen molar-refractivity contribution in [1.82, 2.24) is 15.0 Å². The number of aromatic nitrogens is 3. The van der Waals surface area contributed by atoms with E-state index < -0.39 is 0 Å². The van der Waals surface area contributed by atoms with E-state index in [0.29, 0.717) is 5.82 Å². The van der Waals surface area contributed by atoms with Gasteiger partial charge in [0.05, 0.1) is 11.4 Å². The van der Waals surface area contributed by atoms with Crippen LogP contribution in [-0.2, 0) is 0 Å². The van der Waals surface area contributed by atoms with Gasteiger partial charge in [0.25, 0.3) is 0 Å². The number of hydrogen-bond donors (Lipinski definition) is 1. The van der Waals surface area contributed by atoms with Crippen molar-refractivity contribution in [2.45, 2.75) is 13.8 Å². The van der Waals surface area contributed by atoms with E-state index in [9.17, 15) is 0 Å². The van der Waals surface area contributed by atoms with Crippen molar-refractivity contribution in [2.24, 2.45) is 0 Å². The number of aryl methyl sites for hydroxylation is 1. The minimum absolute atomic E-state index is 0.444. The zero-order valence-corrected chi connectivity index (χ0v) is 12.0. The second-order valence-electron chi connectivity index (χ2n) is 3.55. The first-order valence-corrected chi connectivity index (χ1v) is 6.23. The van der Waals surface area contributed by atoms with Crippen LogP contribution in [0.5, 0.6) is 0 Å². The number of nitrogens with zero attached hydrogens (tertiary/aromatic N) is 3. The predicted molar refractivity (Wildman–Crippen MR) is 70.6 cm³/mol. The summed E-state index contributed by atoms with van der Waals surface area (Å²) in [5.74, 6) is 0.444. The Labute approximate surface area is 110 Å². The summed E-state index contributed by atoms with van der Waals surface area (Å²) in [4.78, 5) is 0. The summed E-state index contributed by atoms with van der Waals surface area (Å²) in [6.07, 6.45) is 0. The van der Waals surface area contributed by atoms with Crippen molar-refractivity contribution in [3.05, 3.63) is 32.3 Å². The molecule has 0 unspecified atom stereocenters. The molecule has 2 rings (SSSR count). The van der Waals surface area contributed by atoms with E-state index >= 15 is 0 Å². The molecule has 2 aromatic rings. The highest BCUT2D eigenvalue weighted by molar-refractivity contribution is 9.11. The Morgan fingerprint density at radius 2 is 1.75 bits per heavy atom. The van der Waals surface area contributed by atoms with Crippen LogP contribution in [0.2, 0.25) is 0 Å². The number of nitrogens with two attached hydrogens (primary N) is 1. The van der Waals surface area contributed by atoms with Gasteiger partial charge in [-0.25, -0.2) is 4.68 Å². The van der Waals surface area contributed by atoms with E-state index in [1.165, 1.54) is 0 Å². The van der Waals surface area contributed by atoms with Gasteiger partial charge >= 0.3 is 0 Å². The summed E-state index contributed by atoms with van der Waals surface area (Å²) in [6.45, 7) is 3.91. The molecule has 0 spiro atoms. The molecule has 0 saturated heterocycles. The minimum atomic E-state index is 0.444. The van der Waals surface area contributed by atoms with Gasteiger partial charge in [-0.2, -0.15) is 0 Å². The third kappa shape index (κ3) is 1.87. The van der Waals surface area contributed by atoms with E-state index in [-0.39, 0.29) is 0 Å². The lowest BCUT2D eigenvalue weighted by atomic mass is 10.2. The normalized spacial score (nSPS) is 10.8. The topological polar surface area (TPSA) is 56.7 Å². The number of benzene rings is 1. The standard InChI is InChI=1S/C10H10Br2N4/c1-5-3-7(11)9(8(12)4-5)16-6(2)10(13)14-15-16/h3-4H,13H2,1-2H3. The third-order valence-corrected chi connectivity index (χ3v) is 3.51. The predicted octanol–water partition coefficient (Wildman–Crippen LogP) is 2.99. The van der Waals surface area contributed by atoms with Gasteiger partial charge in [0, 0.05) is 8.95 Å². The van der Waals surface area contributed by atoms with Gasteiger partial charge in [0.1, 0.15) is 0 Å². The Morgan fingerprint density at radius 1 is 1.19 bits per heavy atom. The molecule has 0 atom stereocenters. The van der Waals surface area contributed by atoms with Crippen LogP contribution >= 0.6 is 31.9 Å². The van der Waals surface area contributed by atoms with Crippen LogP contribution in [-0.4, -0.2) is 15.0 Å². The lowest BCUT2D eigenvalue weighted by molar-refractivity contribution is 0.779. The smallest absolute Gasteiger partial charge is 0.169 e. The molecule has 16 heavy (non-hydrogen) atoms. The number of nitrogen functional groups attached to an aromatic ring is 1. The maximum absolute atomic E-state index is 5.68. The zero-order chi connectivity index (χ0) is 11.9. The molecule has 0 amide bonds. The minimum Gasteiger partial charge on any atom is -0.381 e. The molecule has 0 bridgehead atoms. The maximum atomic E-state index is 5.68. The average molecular weight is 346 g/mol. The van der Waals surface area contributed by atoms with Crippen LogP contribution in [0.4, 0.5) is 5.82 Å². The second-order valence-corrected chi connectivity index (χ2v) is 5.26. The number of rotatable bonds is 1. The summed E-state index contributed by atoms with van der Waals surface area (Å²) in [6, 6.07) is 4.05. The molecule has 84 valence electrons. The highest BCUT2D eigenvalue weighted by atomic mass is 79.9. The van der Waals surface area contributed by atoms with Crippen molar-refractivity contribution in [3.63, 3.8) is 0 Å². The summed E-state index contributed by atoms with van der Waals surface area (Å²) in [5.41, 5.74) is 8.58. The molecule has 0 saturated carbocycles. The molecule has 2 N–H and O–H groups in total. The van der Waals surface area contributed by atoms with Crippen molar-refractivity contribution >= 4 is 37.7 Å². The Bertz CT molecular complexity index is 525. The van der Waals surface area contributed by atoms with Gasteiger partial charge in [0.2, 0.25) is 0 Å². The van der Waals surface area contributed by atoms with Crippen LogP contribution in [0.3, 0.4) is 0 Å². The van der Waals surface area contributed by atoms with E-state index in [1.54, 1.807) is 4.68 Å². The summed E-state index contributed by atoms with van der Waals surface area (Å²) < 4.78 is 3.61. The molecule has 4 nitrogen and oxygen atoms in total. The van der Waals surface area contributed by atoms with Crippen molar-refractivity contribution in [3.8, 4) is 5.69 Å². The zero-order valence-electron chi connectivity index (χ0n) is 8.83. The molecule has 1 aromatic heterocycles. The lowest BCUT2D eigenvalue weighted by Crippen LogP contribution is -2.02. The first-order chi connectivity index (χ1) is 7.50. The van der Waals surface area contributed by atoms with Crippen molar-refractivity contribution in [1.29, 1.82) is 0 Å². The molecular weight excluding hydrogens is 336 g/mol. The first-order valence-electron chi connectivity index (χ1n) is 4.64. The van der Waals surface area contributed by atoms with Gasteiger partial charge in [-0.3, -0.25) is 0 Å². The summed E-state index contributed by atoms with van der Waals surface area (Å²) in [7, 11) is 0. The first kappa shape index (κ1) is 11.6. The van der Waals surface area contributed by atoms with E-state index in [4.69, 9.17) is 5.73 Å². The Morgan fingerprint density at radius 3 is 2.19 bits per heavy atom. The molecule has 1 heterocycles. The largest absolute Gasteiger partial charge is 0.381 e. The monoisotopic (exact) mass is 344 g/mol. The molecule has 6 heteroatoms. The van der Waals surface area contributed by atoms with Gasteiger partial charge in [-0.15, -0.1) is 5.10 Å². The fraction of sp³-hybridized carbons (Fsp3) is 0.200. The van der Waals surface area contributed by atoms with Crippen LogP contribution in [0, 0.1) is 13.8 Å². The second kappa shape index (κ2) is 4.18. The van der Waals surface area contributed by atoms with Crippen molar-refractivity contribution < 1.29 is 0 Å². The summed E-state index contributed by atoms with van der Waals surface area (Å²) >= 11 is 7.04. The fourth-order valence-corrected chi connectivity index (χ4v) is 3.20. The highest BCUT2D eigenvalue weighted by Gasteiger charge is 2.13. The van der Waals surface area contributed by atoms with Gasteiger partial charge in [0.15, 0.2) is 5.82 Å². The van der Waals surface area contributed by atoms with E-state index in [2.05, 4.69) is 42.2 Å². The number of anilines is 1. The van der Waals surface area contributed by atoms with Gasteiger partial charge < -0.3 is 5.73 Å².